The first-order valence-corrected chi connectivity index (χ1v) is 11.3. The standard InChI is InChI=1S/C20H22N6O3S/c1-9-17(10(2)24-23-9)15-7-13(18-11(3)25-29-12(18)4)8-16-19(15)22-20(21-16)26-30(27,28)14-5-6-14/h7-8,14H,5-6H2,1-4H3,(H,23,24)(H2,21,22,26). The highest BCUT2D eigenvalue weighted by Crippen LogP contribution is 2.38. The summed E-state index contributed by atoms with van der Waals surface area (Å²) in [4.78, 5) is 7.71. The number of benzene rings is 1. The van der Waals surface area contributed by atoms with E-state index in [1.54, 1.807) is 0 Å². The van der Waals surface area contributed by atoms with Crippen LogP contribution in [0.15, 0.2) is 16.7 Å². The molecule has 156 valence electrons. The molecule has 0 amide bonds. The van der Waals surface area contributed by atoms with E-state index in [1.165, 1.54) is 0 Å². The molecule has 0 saturated heterocycles. The van der Waals surface area contributed by atoms with Gasteiger partial charge in [-0.1, -0.05) is 5.16 Å². The van der Waals surface area contributed by atoms with E-state index >= 15 is 0 Å². The highest BCUT2D eigenvalue weighted by molar-refractivity contribution is 7.93. The first-order valence-electron chi connectivity index (χ1n) is 9.75. The summed E-state index contributed by atoms with van der Waals surface area (Å²) >= 11 is 0. The van der Waals surface area contributed by atoms with E-state index in [2.05, 4.69) is 30.0 Å². The number of rotatable bonds is 5. The molecule has 0 atom stereocenters. The predicted molar refractivity (Wildman–Crippen MR) is 114 cm³/mol. The molecule has 1 fully saturated rings. The normalized spacial score (nSPS) is 14.5. The van der Waals surface area contributed by atoms with E-state index in [4.69, 9.17) is 4.52 Å². The minimum Gasteiger partial charge on any atom is -0.361 e. The molecule has 9 nitrogen and oxygen atoms in total. The van der Waals surface area contributed by atoms with Gasteiger partial charge < -0.3 is 9.51 Å². The smallest absolute Gasteiger partial charge is 0.237 e. The third-order valence-electron chi connectivity index (χ3n) is 5.51. The number of nitrogens with one attached hydrogen (secondary N) is 3. The third-order valence-corrected chi connectivity index (χ3v) is 7.34. The summed E-state index contributed by atoms with van der Waals surface area (Å²) in [5, 5.41) is 11.1. The summed E-state index contributed by atoms with van der Waals surface area (Å²) in [6.07, 6.45) is 1.37. The number of aryl methyl sites for hydroxylation is 4. The number of fused-ring (bicyclic) bond motifs is 1. The number of H-pyrrole nitrogens is 2. The summed E-state index contributed by atoms with van der Waals surface area (Å²) < 4.78 is 32.7. The number of nitrogens with zero attached hydrogens (tertiary/aromatic N) is 3. The summed E-state index contributed by atoms with van der Waals surface area (Å²) in [5.41, 5.74) is 7.58. The first kappa shape index (κ1) is 18.9. The Bertz CT molecular complexity index is 1350. The molecule has 30 heavy (non-hydrogen) atoms. The van der Waals surface area contributed by atoms with Crippen LogP contribution in [0.25, 0.3) is 33.3 Å². The van der Waals surface area contributed by atoms with Gasteiger partial charge in [0, 0.05) is 22.4 Å². The minimum absolute atomic E-state index is 0.216. The Morgan fingerprint density at radius 2 is 1.87 bits per heavy atom. The molecule has 10 heteroatoms. The second-order valence-electron chi connectivity index (χ2n) is 7.86. The first-order chi connectivity index (χ1) is 14.2. The van der Waals surface area contributed by atoms with Gasteiger partial charge in [0.2, 0.25) is 16.0 Å². The highest BCUT2D eigenvalue weighted by atomic mass is 32.2. The minimum atomic E-state index is -3.42. The van der Waals surface area contributed by atoms with Gasteiger partial charge in [0.15, 0.2) is 0 Å². The quantitative estimate of drug-likeness (QED) is 0.446. The Hall–Kier alpha value is -3.14. The molecule has 1 saturated carbocycles. The van der Waals surface area contributed by atoms with Crippen LogP contribution in [-0.4, -0.2) is 39.0 Å². The Labute approximate surface area is 173 Å². The zero-order valence-corrected chi connectivity index (χ0v) is 17.9. The number of aromatic amines is 2. The molecule has 3 heterocycles. The third kappa shape index (κ3) is 2.98. The van der Waals surface area contributed by atoms with Crippen molar-refractivity contribution in [3.8, 4) is 22.3 Å². The van der Waals surface area contributed by atoms with E-state index in [1.807, 2.05) is 39.8 Å². The molecule has 0 spiro atoms. The van der Waals surface area contributed by atoms with Crippen molar-refractivity contribution in [3.63, 3.8) is 0 Å². The molecule has 0 bridgehead atoms. The van der Waals surface area contributed by atoms with Crippen molar-refractivity contribution >= 4 is 27.0 Å². The average molecular weight is 427 g/mol. The van der Waals surface area contributed by atoms with Gasteiger partial charge in [-0.15, -0.1) is 0 Å². The van der Waals surface area contributed by atoms with Crippen molar-refractivity contribution in [2.24, 2.45) is 0 Å². The predicted octanol–water partition coefficient (Wildman–Crippen LogP) is 3.75. The van der Waals surface area contributed by atoms with Crippen molar-refractivity contribution in [3.05, 3.63) is 35.0 Å². The summed E-state index contributed by atoms with van der Waals surface area (Å²) in [5.74, 6) is 0.927. The summed E-state index contributed by atoms with van der Waals surface area (Å²) in [6.45, 7) is 7.65. The number of hydrogen-bond acceptors (Lipinski definition) is 6. The fraction of sp³-hybridized carbons (Fsp3) is 0.350. The lowest BCUT2D eigenvalue weighted by molar-refractivity contribution is 0.393. The zero-order chi connectivity index (χ0) is 21.2. The van der Waals surface area contributed by atoms with E-state index in [0.29, 0.717) is 24.1 Å². The molecule has 1 aliphatic carbocycles. The van der Waals surface area contributed by atoms with Crippen molar-refractivity contribution in [2.45, 2.75) is 45.8 Å². The lowest BCUT2D eigenvalue weighted by Crippen LogP contribution is -2.18. The van der Waals surface area contributed by atoms with E-state index in [0.717, 1.165) is 44.9 Å². The fourth-order valence-corrected chi connectivity index (χ4v) is 5.23. The van der Waals surface area contributed by atoms with Crippen LogP contribution in [0, 0.1) is 27.7 Å². The van der Waals surface area contributed by atoms with Crippen LogP contribution in [-0.2, 0) is 10.0 Å². The molecule has 3 N–H and O–H groups in total. The maximum absolute atomic E-state index is 12.4. The fourth-order valence-electron chi connectivity index (χ4n) is 3.94. The molecule has 0 radical (unpaired) electrons. The molecule has 0 unspecified atom stereocenters. The largest absolute Gasteiger partial charge is 0.361 e. The zero-order valence-electron chi connectivity index (χ0n) is 17.1. The molecule has 5 rings (SSSR count). The van der Waals surface area contributed by atoms with Gasteiger partial charge in [-0.05, 0) is 58.2 Å². The van der Waals surface area contributed by atoms with Crippen LogP contribution in [0.2, 0.25) is 0 Å². The SMILES string of the molecule is Cc1n[nH]c(C)c1-c1cc(-c2c(C)noc2C)cc2nc(NS(=O)(=O)C3CC3)[nH]c12. The Balaban J connectivity index is 1.74. The average Bonchev–Trinajstić information content (AvgIpc) is 3.30. The van der Waals surface area contributed by atoms with Gasteiger partial charge in [0.25, 0.3) is 0 Å². The number of hydrogen-bond donors (Lipinski definition) is 3. The van der Waals surface area contributed by atoms with E-state index in [-0.39, 0.29) is 11.2 Å². The Morgan fingerprint density at radius 1 is 1.10 bits per heavy atom. The number of imidazole rings is 1. The Morgan fingerprint density at radius 3 is 2.47 bits per heavy atom. The van der Waals surface area contributed by atoms with E-state index in [9.17, 15) is 8.42 Å². The van der Waals surface area contributed by atoms with Gasteiger partial charge in [-0.2, -0.15) is 5.10 Å². The van der Waals surface area contributed by atoms with Gasteiger partial charge in [-0.3, -0.25) is 9.82 Å². The highest BCUT2D eigenvalue weighted by Gasteiger charge is 2.36. The molecule has 4 aromatic rings. The van der Waals surface area contributed by atoms with Gasteiger partial charge >= 0.3 is 0 Å². The van der Waals surface area contributed by atoms with Crippen molar-refractivity contribution < 1.29 is 12.9 Å². The molecular formula is C20H22N6O3S. The van der Waals surface area contributed by atoms with Crippen molar-refractivity contribution in [1.29, 1.82) is 0 Å². The number of sulfonamides is 1. The second kappa shape index (κ2) is 6.43. The number of aromatic nitrogens is 5. The maximum atomic E-state index is 12.4. The van der Waals surface area contributed by atoms with Gasteiger partial charge in [0.05, 0.1) is 27.7 Å². The second-order valence-corrected chi connectivity index (χ2v) is 9.82. The van der Waals surface area contributed by atoms with Crippen molar-refractivity contribution in [2.75, 3.05) is 4.72 Å². The van der Waals surface area contributed by atoms with Crippen LogP contribution in [0.1, 0.15) is 35.7 Å². The molecule has 0 aliphatic heterocycles. The summed E-state index contributed by atoms with van der Waals surface area (Å²) in [7, 11) is -3.42. The number of anilines is 1. The summed E-state index contributed by atoms with van der Waals surface area (Å²) in [6, 6.07) is 3.96. The molecule has 3 aromatic heterocycles. The topological polar surface area (TPSA) is 130 Å². The monoisotopic (exact) mass is 426 g/mol. The Kier molecular flexibility index (Phi) is 4.04. The molecular weight excluding hydrogens is 404 g/mol. The molecule has 1 aromatic carbocycles. The van der Waals surface area contributed by atoms with E-state index < -0.39 is 10.0 Å². The van der Waals surface area contributed by atoms with Crippen LogP contribution >= 0.6 is 0 Å². The van der Waals surface area contributed by atoms with Crippen molar-refractivity contribution in [1.82, 2.24) is 25.3 Å². The van der Waals surface area contributed by atoms with Gasteiger partial charge in [-0.25, -0.2) is 13.4 Å². The molecule has 1 aliphatic rings. The van der Waals surface area contributed by atoms with Crippen LogP contribution in [0.3, 0.4) is 0 Å². The van der Waals surface area contributed by atoms with Crippen LogP contribution in [0.4, 0.5) is 5.95 Å². The van der Waals surface area contributed by atoms with Crippen LogP contribution < -0.4 is 4.72 Å². The lowest BCUT2D eigenvalue weighted by Gasteiger charge is -2.08. The lowest BCUT2D eigenvalue weighted by atomic mass is 9.96. The van der Waals surface area contributed by atoms with Crippen LogP contribution in [0.5, 0.6) is 0 Å². The van der Waals surface area contributed by atoms with Gasteiger partial charge in [0.1, 0.15) is 5.76 Å². The maximum Gasteiger partial charge on any atom is 0.237 e.